The van der Waals surface area contributed by atoms with Crippen molar-refractivity contribution in [3.05, 3.63) is 0 Å². The van der Waals surface area contributed by atoms with Crippen molar-refractivity contribution in [1.82, 2.24) is 16.0 Å². The lowest BCUT2D eigenvalue weighted by atomic mass is 9.98. The van der Waals surface area contributed by atoms with E-state index in [1.54, 1.807) is 7.05 Å². The van der Waals surface area contributed by atoms with Gasteiger partial charge in [-0.05, 0) is 40.0 Å². The Morgan fingerprint density at radius 3 is 2.32 bits per heavy atom. The van der Waals surface area contributed by atoms with Gasteiger partial charge in [-0.3, -0.25) is 4.99 Å². The first kappa shape index (κ1) is 21.5. The van der Waals surface area contributed by atoms with Gasteiger partial charge in [-0.15, -0.1) is 0 Å². The van der Waals surface area contributed by atoms with Crippen LogP contribution in [0, 0.1) is 0 Å². The van der Waals surface area contributed by atoms with Gasteiger partial charge in [0.1, 0.15) is 5.60 Å². The van der Waals surface area contributed by atoms with Crippen LogP contribution in [0.1, 0.15) is 59.3 Å². The molecule has 1 amide bonds. The second kappa shape index (κ2) is 12.0. The van der Waals surface area contributed by atoms with E-state index in [0.29, 0.717) is 19.2 Å². The normalized spacial score (nSPS) is 16.4. The van der Waals surface area contributed by atoms with E-state index in [0.717, 1.165) is 25.5 Å². The summed E-state index contributed by atoms with van der Waals surface area (Å²) in [6.45, 7) is 8.18. The van der Waals surface area contributed by atoms with Gasteiger partial charge in [0.15, 0.2) is 5.96 Å². The van der Waals surface area contributed by atoms with Crippen LogP contribution in [0.25, 0.3) is 0 Å². The first-order valence-electron chi connectivity index (χ1n) is 9.43. The van der Waals surface area contributed by atoms with Crippen LogP contribution in [0.3, 0.4) is 0 Å². The number of rotatable bonds is 8. The molecule has 146 valence electrons. The summed E-state index contributed by atoms with van der Waals surface area (Å²) >= 11 is 0. The van der Waals surface area contributed by atoms with Crippen LogP contribution in [0.2, 0.25) is 0 Å². The minimum atomic E-state index is -0.477. The molecule has 0 heterocycles. The minimum Gasteiger partial charge on any atom is -0.444 e. The van der Waals surface area contributed by atoms with Crippen molar-refractivity contribution < 1.29 is 14.3 Å². The van der Waals surface area contributed by atoms with E-state index < -0.39 is 11.7 Å². The summed E-state index contributed by atoms with van der Waals surface area (Å²) < 4.78 is 11.1. The number of carbonyl (C=O) groups is 1. The smallest absolute Gasteiger partial charge is 0.407 e. The third kappa shape index (κ3) is 11.6. The summed E-state index contributed by atoms with van der Waals surface area (Å²) in [5.74, 6) is 0.726. The first-order chi connectivity index (χ1) is 11.9. The molecule has 1 rings (SSSR count). The molecule has 7 nitrogen and oxygen atoms in total. The van der Waals surface area contributed by atoms with E-state index in [2.05, 4.69) is 20.9 Å². The summed E-state index contributed by atoms with van der Waals surface area (Å²) in [5.41, 5.74) is -0.477. The predicted molar refractivity (Wildman–Crippen MR) is 101 cm³/mol. The molecule has 0 aromatic carbocycles. The van der Waals surface area contributed by atoms with Gasteiger partial charge in [0.25, 0.3) is 0 Å². The van der Waals surface area contributed by atoms with Gasteiger partial charge in [0.2, 0.25) is 0 Å². The van der Waals surface area contributed by atoms with Crippen molar-refractivity contribution >= 4 is 12.1 Å². The molecule has 1 saturated carbocycles. The summed E-state index contributed by atoms with van der Waals surface area (Å²) in [6.07, 6.45) is 7.39. The molecule has 7 heteroatoms. The van der Waals surface area contributed by atoms with Crippen LogP contribution in [0.4, 0.5) is 4.79 Å². The number of guanidine groups is 1. The molecule has 1 fully saturated rings. The molecule has 0 radical (unpaired) electrons. The molecule has 1 aliphatic rings. The van der Waals surface area contributed by atoms with Gasteiger partial charge in [0, 0.05) is 33.3 Å². The molecule has 0 unspecified atom stereocenters. The highest BCUT2D eigenvalue weighted by Crippen LogP contribution is 2.20. The highest BCUT2D eigenvalue weighted by Gasteiger charge is 2.15. The Morgan fingerprint density at radius 1 is 1.04 bits per heavy atom. The fraction of sp³-hybridized carbons (Fsp3) is 0.889. The molecule has 3 N–H and O–H groups in total. The van der Waals surface area contributed by atoms with E-state index >= 15 is 0 Å². The molecule has 0 spiro atoms. The Kier molecular flexibility index (Phi) is 10.3. The van der Waals surface area contributed by atoms with E-state index in [1.807, 2.05) is 20.8 Å². The molecule has 0 saturated heterocycles. The number of alkyl carbamates (subject to hydrolysis) is 1. The molecular weight excluding hydrogens is 320 g/mol. The molecule has 25 heavy (non-hydrogen) atoms. The van der Waals surface area contributed by atoms with Gasteiger partial charge >= 0.3 is 6.09 Å². The summed E-state index contributed by atoms with van der Waals surface area (Å²) in [4.78, 5) is 15.7. The molecule has 0 atom stereocenters. The average molecular weight is 357 g/mol. The van der Waals surface area contributed by atoms with Crippen LogP contribution in [0.5, 0.6) is 0 Å². The zero-order valence-corrected chi connectivity index (χ0v) is 16.3. The molecule has 0 aromatic heterocycles. The van der Waals surface area contributed by atoms with Crippen LogP contribution in [-0.2, 0) is 9.47 Å². The lowest BCUT2D eigenvalue weighted by molar-refractivity contribution is 0.0277. The highest BCUT2D eigenvalue weighted by molar-refractivity contribution is 5.79. The van der Waals surface area contributed by atoms with Crippen LogP contribution >= 0.6 is 0 Å². The van der Waals surface area contributed by atoms with Gasteiger partial charge in [-0.25, -0.2) is 4.79 Å². The molecule has 0 aliphatic heterocycles. The maximum absolute atomic E-state index is 11.5. The Balaban J connectivity index is 2.01. The summed E-state index contributed by atoms with van der Waals surface area (Å²) in [5, 5.41) is 9.11. The highest BCUT2D eigenvalue weighted by atomic mass is 16.6. The van der Waals surface area contributed by atoms with Crippen LogP contribution in [-0.4, -0.2) is 57.0 Å². The third-order valence-corrected chi connectivity index (χ3v) is 3.83. The van der Waals surface area contributed by atoms with Gasteiger partial charge < -0.3 is 25.4 Å². The lowest BCUT2D eigenvalue weighted by Gasteiger charge is -2.22. The number of hydrogen-bond donors (Lipinski definition) is 3. The van der Waals surface area contributed by atoms with Gasteiger partial charge in [0.05, 0.1) is 6.10 Å². The maximum atomic E-state index is 11.5. The van der Waals surface area contributed by atoms with Crippen molar-refractivity contribution in [3.8, 4) is 0 Å². The number of ether oxygens (including phenoxy) is 2. The van der Waals surface area contributed by atoms with E-state index in [1.165, 1.54) is 32.1 Å². The van der Waals surface area contributed by atoms with Crippen LogP contribution < -0.4 is 16.0 Å². The zero-order valence-electron chi connectivity index (χ0n) is 16.3. The number of nitrogens with one attached hydrogen (secondary N) is 3. The Morgan fingerprint density at radius 2 is 1.68 bits per heavy atom. The standard InChI is InChI=1S/C18H36N4O3/c1-18(2,3)25-17(23)22-13-12-21-16(19-4)20-11-8-14-24-15-9-6-5-7-10-15/h15H,5-14H2,1-4H3,(H,22,23)(H2,19,20,21). The Labute approximate surface area is 152 Å². The molecule has 0 bridgehead atoms. The van der Waals surface area contributed by atoms with Crippen molar-refractivity contribution in [3.63, 3.8) is 0 Å². The average Bonchev–Trinajstić information content (AvgIpc) is 2.55. The molecular formula is C18H36N4O3. The summed E-state index contributed by atoms with van der Waals surface area (Å²) in [7, 11) is 1.73. The van der Waals surface area contributed by atoms with E-state index in [-0.39, 0.29) is 0 Å². The number of nitrogens with zero attached hydrogens (tertiary/aromatic N) is 1. The van der Waals surface area contributed by atoms with Gasteiger partial charge in [-0.2, -0.15) is 0 Å². The fourth-order valence-corrected chi connectivity index (χ4v) is 2.64. The number of carbonyl (C=O) groups excluding carboxylic acids is 1. The van der Waals surface area contributed by atoms with Crippen molar-refractivity contribution in [2.45, 2.75) is 71.0 Å². The second-order valence-corrected chi connectivity index (χ2v) is 7.34. The largest absolute Gasteiger partial charge is 0.444 e. The van der Waals surface area contributed by atoms with E-state index in [4.69, 9.17) is 9.47 Å². The van der Waals surface area contributed by atoms with Gasteiger partial charge in [-0.1, -0.05) is 19.3 Å². The monoisotopic (exact) mass is 356 g/mol. The summed E-state index contributed by atoms with van der Waals surface area (Å²) in [6, 6.07) is 0. The van der Waals surface area contributed by atoms with Crippen molar-refractivity contribution in [1.29, 1.82) is 0 Å². The Bertz CT molecular complexity index is 402. The predicted octanol–water partition coefficient (Wildman–Crippen LogP) is 2.42. The van der Waals surface area contributed by atoms with E-state index in [9.17, 15) is 4.79 Å². The maximum Gasteiger partial charge on any atom is 0.407 e. The van der Waals surface area contributed by atoms with Crippen LogP contribution in [0.15, 0.2) is 4.99 Å². The molecule has 1 aliphatic carbocycles. The van der Waals surface area contributed by atoms with Crippen molar-refractivity contribution in [2.24, 2.45) is 4.99 Å². The third-order valence-electron chi connectivity index (χ3n) is 3.83. The van der Waals surface area contributed by atoms with Crippen molar-refractivity contribution in [2.75, 3.05) is 33.3 Å². The minimum absolute atomic E-state index is 0.405. The Hall–Kier alpha value is -1.50. The quantitative estimate of drug-likeness (QED) is 0.353. The zero-order chi connectivity index (χ0) is 18.5. The first-order valence-corrected chi connectivity index (χ1v) is 9.43. The number of amides is 1. The second-order valence-electron chi connectivity index (χ2n) is 7.34. The lowest BCUT2D eigenvalue weighted by Crippen LogP contribution is -2.42. The molecule has 0 aromatic rings. The fourth-order valence-electron chi connectivity index (χ4n) is 2.64. The number of hydrogen-bond acceptors (Lipinski definition) is 4. The SMILES string of the molecule is CN=C(NCCCOC1CCCCC1)NCCNC(=O)OC(C)(C)C. The topological polar surface area (TPSA) is 84.0 Å². The number of aliphatic imine (C=N–C) groups is 1.